The fourth-order valence-electron chi connectivity index (χ4n) is 2.68. The summed E-state index contributed by atoms with van der Waals surface area (Å²) in [6, 6.07) is 12.1. The van der Waals surface area contributed by atoms with Crippen LogP contribution in [0.15, 0.2) is 48.8 Å². The lowest BCUT2D eigenvalue weighted by atomic mass is 9.90. The molecule has 136 valence electrons. The van der Waals surface area contributed by atoms with E-state index in [4.69, 9.17) is 10.5 Å². The molecule has 1 saturated heterocycles. The number of aromatic nitrogens is 1. The lowest BCUT2D eigenvalue weighted by Crippen LogP contribution is -2.56. The van der Waals surface area contributed by atoms with Crippen molar-refractivity contribution in [2.45, 2.75) is 24.9 Å². The predicted molar refractivity (Wildman–Crippen MR) is 103 cm³/mol. The highest BCUT2D eigenvalue weighted by Gasteiger charge is 2.35. The molecule has 0 spiro atoms. The first kappa shape index (κ1) is 21.4. The third-order valence-corrected chi connectivity index (χ3v) is 4.26. The summed E-state index contributed by atoms with van der Waals surface area (Å²) >= 11 is 0. The number of hydrogen-bond donors (Lipinski definition) is 2. The van der Waals surface area contributed by atoms with Crippen molar-refractivity contribution in [2.24, 2.45) is 5.73 Å². The van der Waals surface area contributed by atoms with Gasteiger partial charge in [-0.3, -0.25) is 9.78 Å². The van der Waals surface area contributed by atoms with E-state index in [0.29, 0.717) is 32.6 Å². The number of nitrogens with two attached hydrogens (primary N) is 1. The second-order valence-corrected chi connectivity index (χ2v) is 5.88. The van der Waals surface area contributed by atoms with Gasteiger partial charge in [-0.15, -0.1) is 24.8 Å². The second-order valence-electron chi connectivity index (χ2n) is 5.88. The minimum Gasteiger partial charge on any atom is -0.381 e. The van der Waals surface area contributed by atoms with Crippen LogP contribution in [0.5, 0.6) is 0 Å². The molecule has 1 aromatic carbocycles. The average molecular weight is 384 g/mol. The van der Waals surface area contributed by atoms with Gasteiger partial charge in [0.15, 0.2) is 0 Å². The predicted octanol–water partition coefficient (Wildman–Crippen LogP) is 2.72. The Morgan fingerprint density at radius 1 is 1.04 bits per heavy atom. The van der Waals surface area contributed by atoms with E-state index >= 15 is 0 Å². The summed E-state index contributed by atoms with van der Waals surface area (Å²) < 4.78 is 5.27. The van der Waals surface area contributed by atoms with E-state index in [1.807, 2.05) is 36.4 Å². The fourth-order valence-corrected chi connectivity index (χ4v) is 2.68. The van der Waals surface area contributed by atoms with Gasteiger partial charge in [0, 0.05) is 32.2 Å². The summed E-state index contributed by atoms with van der Waals surface area (Å²) in [6.45, 7) is 1.57. The molecule has 3 rings (SSSR count). The summed E-state index contributed by atoms with van der Waals surface area (Å²) in [6.07, 6.45) is 4.69. The van der Waals surface area contributed by atoms with Crippen LogP contribution < -0.4 is 11.1 Å². The molecular weight excluding hydrogens is 361 g/mol. The molecule has 25 heavy (non-hydrogen) atoms. The second kappa shape index (κ2) is 9.73. The molecule has 5 nitrogen and oxygen atoms in total. The van der Waals surface area contributed by atoms with Gasteiger partial charge in [0.05, 0.1) is 5.54 Å². The number of carbonyl (C=O) groups excluding carboxylic acids is 1. The summed E-state index contributed by atoms with van der Waals surface area (Å²) in [7, 11) is 0. The number of ether oxygens (including phenoxy) is 1. The molecule has 1 fully saturated rings. The van der Waals surface area contributed by atoms with Crippen molar-refractivity contribution in [3.8, 4) is 11.1 Å². The maximum atomic E-state index is 12.3. The topological polar surface area (TPSA) is 77.2 Å². The van der Waals surface area contributed by atoms with E-state index in [1.54, 1.807) is 12.4 Å². The van der Waals surface area contributed by atoms with Crippen LogP contribution >= 0.6 is 24.8 Å². The molecule has 0 bridgehead atoms. The van der Waals surface area contributed by atoms with E-state index in [2.05, 4.69) is 10.3 Å². The Labute approximate surface area is 160 Å². The van der Waals surface area contributed by atoms with Gasteiger partial charge in [0.25, 0.3) is 0 Å². The minimum atomic E-state index is -0.796. The Morgan fingerprint density at radius 2 is 1.60 bits per heavy atom. The zero-order valence-corrected chi connectivity index (χ0v) is 15.4. The fraction of sp³-hybridized carbons (Fsp3) is 0.333. The normalized spacial score (nSPS) is 15.4. The van der Waals surface area contributed by atoms with Gasteiger partial charge in [0.1, 0.15) is 0 Å². The van der Waals surface area contributed by atoms with E-state index in [1.165, 1.54) is 0 Å². The number of halogens is 2. The molecule has 1 aliphatic heterocycles. The molecule has 0 saturated carbocycles. The van der Waals surface area contributed by atoms with Crippen LogP contribution in [-0.4, -0.2) is 29.6 Å². The number of hydrogen-bond acceptors (Lipinski definition) is 4. The average Bonchev–Trinajstić information content (AvgIpc) is 2.61. The molecule has 1 amide bonds. The number of pyridine rings is 1. The maximum Gasteiger partial charge on any atom is 0.240 e. The Morgan fingerprint density at radius 3 is 2.20 bits per heavy atom. The van der Waals surface area contributed by atoms with Crippen LogP contribution in [-0.2, 0) is 16.1 Å². The third kappa shape index (κ3) is 5.41. The highest BCUT2D eigenvalue weighted by molar-refractivity contribution is 5.86. The highest BCUT2D eigenvalue weighted by atomic mass is 35.5. The van der Waals surface area contributed by atoms with Crippen molar-refractivity contribution in [3.05, 3.63) is 54.4 Å². The molecule has 0 radical (unpaired) electrons. The summed E-state index contributed by atoms with van der Waals surface area (Å²) in [4.78, 5) is 16.3. The van der Waals surface area contributed by atoms with Crippen molar-refractivity contribution in [1.82, 2.24) is 10.3 Å². The van der Waals surface area contributed by atoms with Gasteiger partial charge in [-0.2, -0.15) is 0 Å². The van der Waals surface area contributed by atoms with Crippen molar-refractivity contribution >= 4 is 30.7 Å². The summed E-state index contributed by atoms with van der Waals surface area (Å²) in [5, 5.41) is 2.94. The van der Waals surface area contributed by atoms with E-state index < -0.39 is 5.54 Å². The summed E-state index contributed by atoms with van der Waals surface area (Å²) in [5.74, 6) is -0.0981. The van der Waals surface area contributed by atoms with Gasteiger partial charge in [-0.25, -0.2) is 0 Å². The molecule has 0 unspecified atom stereocenters. The third-order valence-electron chi connectivity index (χ3n) is 4.26. The number of nitrogens with zero attached hydrogens (tertiary/aromatic N) is 1. The molecule has 1 aromatic heterocycles. The van der Waals surface area contributed by atoms with Crippen LogP contribution in [0.3, 0.4) is 0 Å². The minimum absolute atomic E-state index is 0. The van der Waals surface area contributed by atoms with Gasteiger partial charge < -0.3 is 15.8 Å². The molecule has 7 heteroatoms. The Balaban J connectivity index is 0.00000156. The van der Waals surface area contributed by atoms with Crippen LogP contribution in [0.2, 0.25) is 0 Å². The van der Waals surface area contributed by atoms with E-state index in [0.717, 1.165) is 16.7 Å². The lowest BCUT2D eigenvalue weighted by Gasteiger charge is -2.31. The van der Waals surface area contributed by atoms with Crippen molar-refractivity contribution < 1.29 is 9.53 Å². The van der Waals surface area contributed by atoms with Crippen molar-refractivity contribution in [2.75, 3.05) is 13.2 Å². The van der Waals surface area contributed by atoms with Crippen LogP contribution in [0.4, 0.5) is 0 Å². The molecule has 2 aromatic rings. The standard InChI is InChI=1S/C18H21N3O2.2ClH/c19-18(7-11-23-12-8-18)17(22)21-13-14-1-3-15(4-2-14)16-5-9-20-10-6-16;;/h1-6,9-10H,7-8,11-13,19H2,(H,21,22);2*1H. The first-order valence-electron chi connectivity index (χ1n) is 7.82. The zero-order valence-electron chi connectivity index (χ0n) is 13.8. The Hall–Kier alpha value is -1.66. The SMILES string of the molecule is Cl.Cl.NC1(C(=O)NCc2ccc(-c3ccncc3)cc2)CCOCC1. The molecule has 0 aliphatic carbocycles. The number of amides is 1. The quantitative estimate of drug-likeness (QED) is 0.850. The maximum absolute atomic E-state index is 12.3. The molecule has 3 N–H and O–H groups in total. The molecule has 2 heterocycles. The van der Waals surface area contributed by atoms with Gasteiger partial charge in [-0.1, -0.05) is 24.3 Å². The molecule has 1 aliphatic rings. The van der Waals surface area contributed by atoms with E-state index in [-0.39, 0.29) is 30.7 Å². The number of carbonyl (C=O) groups is 1. The van der Waals surface area contributed by atoms with Crippen LogP contribution in [0, 0.1) is 0 Å². The van der Waals surface area contributed by atoms with E-state index in [9.17, 15) is 4.79 Å². The highest BCUT2D eigenvalue weighted by Crippen LogP contribution is 2.20. The van der Waals surface area contributed by atoms with Gasteiger partial charge in [-0.05, 0) is 41.7 Å². The lowest BCUT2D eigenvalue weighted by molar-refractivity contribution is -0.129. The zero-order chi connectivity index (χ0) is 16.1. The first-order chi connectivity index (χ1) is 11.2. The first-order valence-corrected chi connectivity index (χ1v) is 7.82. The number of benzene rings is 1. The largest absolute Gasteiger partial charge is 0.381 e. The van der Waals surface area contributed by atoms with Gasteiger partial charge >= 0.3 is 0 Å². The Kier molecular flexibility index (Phi) is 8.32. The van der Waals surface area contributed by atoms with Crippen LogP contribution in [0.1, 0.15) is 18.4 Å². The van der Waals surface area contributed by atoms with Crippen molar-refractivity contribution in [3.63, 3.8) is 0 Å². The van der Waals surface area contributed by atoms with Crippen molar-refractivity contribution in [1.29, 1.82) is 0 Å². The number of nitrogens with one attached hydrogen (secondary N) is 1. The smallest absolute Gasteiger partial charge is 0.240 e. The number of rotatable bonds is 4. The van der Waals surface area contributed by atoms with Gasteiger partial charge in [0.2, 0.25) is 5.91 Å². The monoisotopic (exact) mass is 383 g/mol. The molecule has 0 atom stereocenters. The van der Waals surface area contributed by atoms with Crippen LogP contribution in [0.25, 0.3) is 11.1 Å². The molecular formula is C18H23Cl2N3O2. The Bertz CT molecular complexity index is 660. The summed E-state index contributed by atoms with van der Waals surface area (Å²) in [5.41, 5.74) is 8.67.